The van der Waals surface area contributed by atoms with E-state index in [4.69, 9.17) is 0 Å². The molecule has 0 aliphatic heterocycles. The second-order valence-electron chi connectivity index (χ2n) is 4.93. The number of hydrogen-bond acceptors (Lipinski definition) is 1. The fourth-order valence-corrected chi connectivity index (χ4v) is 2.04. The van der Waals surface area contributed by atoms with Crippen molar-refractivity contribution in [3.05, 3.63) is 71.3 Å². The van der Waals surface area contributed by atoms with Crippen LogP contribution in [-0.4, -0.2) is 18.0 Å². The molecule has 1 N–H and O–H groups in total. The van der Waals surface area contributed by atoms with Crippen LogP contribution in [-0.2, 0) is 13.1 Å². The third-order valence-corrected chi connectivity index (χ3v) is 3.30. The molecule has 0 radical (unpaired) electrons. The summed E-state index contributed by atoms with van der Waals surface area (Å²) in [6.45, 7) is 3.22. The summed E-state index contributed by atoms with van der Waals surface area (Å²) >= 11 is 0. The minimum Gasteiger partial charge on any atom is -0.334 e. The molecule has 0 spiro atoms. The van der Waals surface area contributed by atoms with Gasteiger partial charge in [-0.15, -0.1) is 0 Å². The van der Waals surface area contributed by atoms with Crippen LogP contribution >= 0.6 is 0 Å². The highest BCUT2D eigenvalue weighted by molar-refractivity contribution is 5.73. The fourth-order valence-electron chi connectivity index (χ4n) is 2.04. The Kier molecular flexibility index (Phi) is 4.77. The predicted molar refractivity (Wildman–Crippen MR) is 81.3 cm³/mol. The number of carbonyl (C=O) groups excluding carboxylic acids is 1. The Hall–Kier alpha value is -2.29. The van der Waals surface area contributed by atoms with E-state index in [9.17, 15) is 4.79 Å². The van der Waals surface area contributed by atoms with Crippen LogP contribution in [0.2, 0.25) is 0 Å². The number of benzene rings is 2. The minimum absolute atomic E-state index is 0.0582. The van der Waals surface area contributed by atoms with Crippen molar-refractivity contribution in [1.82, 2.24) is 10.2 Å². The van der Waals surface area contributed by atoms with Crippen molar-refractivity contribution < 1.29 is 4.79 Å². The zero-order valence-corrected chi connectivity index (χ0v) is 12.0. The van der Waals surface area contributed by atoms with Crippen molar-refractivity contribution in [3.63, 3.8) is 0 Å². The van der Waals surface area contributed by atoms with Gasteiger partial charge in [-0.3, -0.25) is 0 Å². The third-order valence-electron chi connectivity index (χ3n) is 3.30. The van der Waals surface area contributed by atoms with E-state index < -0.39 is 0 Å². The molecule has 2 aromatic carbocycles. The second kappa shape index (κ2) is 6.75. The molecule has 0 bridgehead atoms. The van der Waals surface area contributed by atoms with Gasteiger partial charge in [0.1, 0.15) is 0 Å². The summed E-state index contributed by atoms with van der Waals surface area (Å²) in [6, 6.07) is 18.0. The first-order valence-electron chi connectivity index (χ1n) is 6.74. The van der Waals surface area contributed by atoms with Gasteiger partial charge in [0.15, 0.2) is 0 Å². The largest absolute Gasteiger partial charge is 0.334 e. The number of rotatable bonds is 4. The highest BCUT2D eigenvalue weighted by Crippen LogP contribution is 2.07. The Morgan fingerprint density at radius 1 is 1.05 bits per heavy atom. The maximum absolute atomic E-state index is 12.0. The quantitative estimate of drug-likeness (QED) is 0.906. The number of carbonyl (C=O) groups is 1. The van der Waals surface area contributed by atoms with Gasteiger partial charge < -0.3 is 10.2 Å². The molecule has 3 heteroatoms. The molecule has 0 saturated heterocycles. The lowest BCUT2D eigenvalue weighted by Gasteiger charge is -2.18. The lowest BCUT2D eigenvalue weighted by Crippen LogP contribution is -2.36. The summed E-state index contributed by atoms with van der Waals surface area (Å²) in [7, 11) is 1.81. The van der Waals surface area contributed by atoms with E-state index in [2.05, 4.69) is 18.3 Å². The molecule has 3 nitrogen and oxygen atoms in total. The van der Waals surface area contributed by atoms with Crippen LogP contribution in [0, 0.1) is 6.92 Å². The SMILES string of the molecule is Cc1ccccc1CNC(=O)N(C)Cc1ccccc1. The summed E-state index contributed by atoms with van der Waals surface area (Å²) in [6.07, 6.45) is 0. The predicted octanol–water partition coefficient (Wildman–Crippen LogP) is 3.34. The zero-order chi connectivity index (χ0) is 14.4. The molecular formula is C17H20N2O. The highest BCUT2D eigenvalue weighted by Gasteiger charge is 2.08. The van der Waals surface area contributed by atoms with Crippen LogP contribution in [0.3, 0.4) is 0 Å². The van der Waals surface area contributed by atoms with Gasteiger partial charge in [0.05, 0.1) is 0 Å². The number of nitrogens with zero attached hydrogens (tertiary/aromatic N) is 1. The number of urea groups is 1. The molecule has 104 valence electrons. The Labute approximate surface area is 120 Å². The van der Waals surface area contributed by atoms with Crippen molar-refractivity contribution in [1.29, 1.82) is 0 Å². The van der Waals surface area contributed by atoms with Crippen molar-refractivity contribution in [2.45, 2.75) is 20.0 Å². The normalized spacial score (nSPS) is 10.1. The van der Waals surface area contributed by atoms with Crippen molar-refractivity contribution >= 4 is 6.03 Å². The van der Waals surface area contributed by atoms with Gasteiger partial charge in [-0.25, -0.2) is 4.79 Å². The van der Waals surface area contributed by atoms with E-state index in [1.54, 1.807) is 11.9 Å². The number of nitrogens with one attached hydrogen (secondary N) is 1. The topological polar surface area (TPSA) is 32.3 Å². The maximum atomic E-state index is 12.0. The Bertz CT molecular complexity index is 566. The highest BCUT2D eigenvalue weighted by atomic mass is 16.2. The van der Waals surface area contributed by atoms with Crippen LogP contribution in [0.5, 0.6) is 0 Å². The molecule has 2 aromatic rings. The second-order valence-corrected chi connectivity index (χ2v) is 4.93. The van der Waals surface area contributed by atoms with Gasteiger partial charge in [-0.1, -0.05) is 54.6 Å². The van der Waals surface area contributed by atoms with E-state index in [1.165, 1.54) is 5.56 Å². The summed E-state index contributed by atoms with van der Waals surface area (Å²) < 4.78 is 0. The Balaban J connectivity index is 1.87. The average Bonchev–Trinajstić information content (AvgIpc) is 2.47. The van der Waals surface area contributed by atoms with Crippen molar-refractivity contribution in [2.24, 2.45) is 0 Å². The molecule has 0 saturated carbocycles. The van der Waals surface area contributed by atoms with Gasteiger partial charge in [0, 0.05) is 20.1 Å². The van der Waals surface area contributed by atoms with E-state index in [0.717, 1.165) is 11.1 Å². The molecule has 2 amide bonds. The standard InChI is InChI=1S/C17H20N2O/c1-14-8-6-7-11-16(14)12-18-17(20)19(2)13-15-9-4-3-5-10-15/h3-11H,12-13H2,1-2H3,(H,18,20). The summed E-state index contributed by atoms with van der Waals surface area (Å²) in [5, 5.41) is 2.95. The Morgan fingerprint density at radius 3 is 2.40 bits per heavy atom. The molecule has 0 aromatic heterocycles. The monoisotopic (exact) mass is 268 g/mol. The molecule has 20 heavy (non-hydrogen) atoms. The number of hydrogen-bond donors (Lipinski definition) is 1. The van der Waals surface area contributed by atoms with Gasteiger partial charge in [0.2, 0.25) is 0 Å². The van der Waals surface area contributed by atoms with E-state index in [-0.39, 0.29) is 6.03 Å². The maximum Gasteiger partial charge on any atom is 0.317 e. The van der Waals surface area contributed by atoms with Crippen LogP contribution in [0.25, 0.3) is 0 Å². The van der Waals surface area contributed by atoms with E-state index in [0.29, 0.717) is 13.1 Å². The molecular weight excluding hydrogens is 248 g/mol. The number of amides is 2. The van der Waals surface area contributed by atoms with Crippen LogP contribution in [0.15, 0.2) is 54.6 Å². The third kappa shape index (κ3) is 3.85. The zero-order valence-electron chi connectivity index (χ0n) is 12.0. The van der Waals surface area contributed by atoms with Crippen molar-refractivity contribution in [2.75, 3.05) is 7.05 Å². The van der Waals surface area contributed by atoms with Gasteiger partial charge in [0.25, 0.3) is 0 Å². The number of aryl methyl sites for hydroxylation is 1. The first-order chi connectivity index (χ1) is 9.66. The van der Waals surface area contributed by atoms with Gasteiger partial charge >= 0.3 is 6.03 Å². The van der Waals surface area contributed by atoms with Gasteiger partial charge in [-0.2, -0.15) is 0 Å². The minimum atomic E-state index is -0.0582. The first kappa shape index (κ1) is 14.1. The lowest BCUT2D eigenvalue weighted by atomic mass is 10.1. The molecule has 0 unspecified atom stereocenters. The van der Waals surface area contributed by atoms with Crippen LogP contribution < -0.4 is 5.32 Å². The summed E-state index contributed by atoms with van der Waals surface area (Å²) in [5.74, 6) is 0. The molecule has 0 aliphatic carbocycles. The van der Waals surface area contributed by atoms with Crippen LogP contribution in [0.4, 0.5) is 4.79 Å². The molecule has 2 rings (SSSR count). The fraction of sp³-hybridized carbons (Fsp3) is 0.235. The summed E-state index contributed by atoms with van der Waals surface area (Å²) in [4.78, 5) is 13.7. The lowest BCUT2D eigenvalue weighted by molar-refractivity contribution is 0.206. The van der Waals surface area contributed by atoms with E-state index in [1.807, 2.05) is 48.5 Å². The van der Waals surface area contributed by atoms with E-state index >= 15 is 0 Å². The van der Waals surface area contributed by atoms with Crippen LogP contribution in [0.1, 0.15) is 16.7 Å². The molecule has 0 atom stereocenters. The molecule has 0 aliphatic rings. The Morgan fingerprint density at radius 2 is 1.70 bits per heavy atom. The molecule has 0 fully saturated rings. The average molecular weight is 268 g/mol. The van der Waals surface area contributed by atoms with Crippen molar-refractivity contribution in [3.8, 4) is 0 Å². The first-order valence-corrected chi connectivity index (χ1v) is 6.74. The summed E-state index contributed by atoms with van der Waals surface area (Å²) in [5.41, 5.74) is 3.47. The smallest absolute Gasteiger partial charge is 0.317 e. The van der Waals surface area contributed by atoms with Gasteiger partial charge in [-0.05, 0) is 23.6 Å². The molecule has 0 heterocycles.